The highest BCUT2D eigenvalue weighted by molar-refractivity contribution is 9.10. The van der Waals surface area contributed by atoms with Crippen molar-refractivity contribution in [3.05, 3.63) is 34.1 Å². The summed E-state index contributed by atoms with van der Waals surface area (Å²) >= 11 is 3.19. The van der Waals surface area contributed by atoms with Crippen molar-refractivity contribution in [2.75, 3.05) is 13.2 Å². The summed E-state index contributed by atoms with van der Waals surface area (Å²) in [7, 11) is 0. The highest BCUT2D eigenvalue weighted by Gasteiger charge is 2.32. The molecule has 2 rings (SSSR count). The Labute approximate surface area is 116 Å². The van der Waals surface area contributed by atoms with Crippen molar-refractivity contribution in [3.8, 4) is 0 Å². The van der Waals surface area contributed by atoms with E-state index >= 15 is 0 Å². The minimum Gasteiger partial charge on any atom is -0.396 e. The third-order valence-corrected chi connectivity index (χ3v) is 4.42. The van der Waals surface area contributed by atoms with Gasteiger partial charge < -0.3 is 10.4 Å². The summed E-state index contributed by atoms with van der Waals surface area (Å²) in [4.78, 5) is 0. The fourth-order valence-corrected chi connectivity index (χ4v) is 3.06. The van der Waals surface area contributed by atoms with Crippen molar-refractivity contribution >= 4 is 15.9 Å². The zero-order chi connectivity index (χ0) is 13.0. The van der Waals surface area contributed by atoms with Gasteiger partial charge in [0.25, 0.3) is 0 Å². The normalized spacial score (nSPS) is 18.2. The largest absolute Gasteiger partial charge is 0.396 e. The van der Waals surface area contributed by atoms with Gasteiger partial charge in [0.05, 0.1) is 4.47 Å². The van der Waals surface area contributed by atoms with Crippen LogP contribution >= 0.6 is 15.9 Å². The number of nitrogens with one attached hydrogen (secondary N) is 1. The van der Waals surface area contributed by atoms with E-state index < -0.39 is 0 Å². The molecule has 0 unspecified atom stereocenters. The van der Waals surface area contributed by atoms with E-state index in [4.69, 9.17) is 0 Å². The molecule has 1 aliphatic rings. The van der Waals surface area contributed by atoms with Gasteiger partial charge in [0.2, 0.25) is 0 Å². The number of hydrogen-bond acceptors (Lipinski definition) is 2. The first kappa shape index (κ1) is 14.0. The molecule has 1 fully saturated rings. The van der Waals surface area contributed by atoms with Crippen LogP contribution in [0.3, 0.4) is 0 Å². The van der Waals surface area contributed by atoms with Crippen LogP contribution in [-0.4, -0.2) is 18.3 Å². The summed E-state index contributed by atoms with van der Waals surface area (Å²) in [6, 6.07) is 5.05. The second-order valence-corrected chi connectivity index (χ2v) is 6.07. The minimum absolute atomic E-state index is 0.0667. The standard InChI is InChI=1S/C14H19BrFNO/c15-12-7-11(3-4-13(12)16)8-17-9-14(10-18)5-1-2-6-14/h3-4,7,17-18H,1-2,5-6,8-10H2. The molecule has 1 saturated carbocycles. The van der Waals surface area contributed by atoms with E-state index in [1.165, 1.54) is 18.9 Å². The first-order chi connectivity index (χ1) is 8.65. The lowest BCUT2D eigenvalue weighted by molar-refractivity contribution is 0.128. The fourth-order valence-electron chi connectivity index (χ4n) is 2.64. The Morgan fingerprint density at radius 1 is 1.33 bits per heavy atom. The third-order valence-electron chi connectivity index (χ3n) is 3.81. The first-order valence-electron chi connectivity index (χ1n) is 6.41. The number of rotatable bonds is 5. The molecule has 18 heavy (non-hydrogen) atoms. The predicted molar refractivity (Wildman–Crippen MR) is 73.8 cm³/mol. The average Bonchev–Trinajstić information content (AvgIpc) is 2.83. The van der Waals surface area contributed by atoms with Gasteiger partial charge in [-0.3, -0.25) is 0 Å². The quantitative estimate of drug-likeness (QED) is 0.874. The lowest BCUT2D eigenvalue weighted by atomic mass is 9.87. The topological polar surface area (TPSA) is 32.3 Å². The molecule has 100 valence electrons. The number of halogens is 2. The fraction of sp³-hybridized carbons (Fsp3) is 0.571. The molecule has 1 aromatic rings. The molecule has 0 bridgehead atoms. The molecule has 1 aromatic carbocycles. The maximum Gasteiger partial charge on any atom is 0.137 e. The monoisotopic (exact) mass is 315 g/mol. The molecule has 0 saturated heterocycles. The van der Waals surface area contributed by atoms with E-state index in [-0.39, 0.29) is 17.8 Å². The van der Waals surface area contributed by atoms with Crippen LogP contribution in [0.25, 0.3) is 0 Å². The first-order valence-corrected chi connectivity index (χ1v) is 7.20. The maximum absolute atomic E-state index is 13.1. The molecule has 0 heterocycles. The molecule has 2 N–H and O–H groups in total. The highest BCUT2D eigenvalue weighted by Crippen LogP contribution is 2.36. The average molecular weight is 316 g/mol. The zero-order valence-electron chi connectivity index (χ0n) is 10.4. The molecule has 0 aliphatic heterocycles. The Morgan fingerprint density at radius 2 is 2.06 bits per heavy atom. The molecule has 1 aliphatic carbocycles. The number of hydrogen-bond donors (Lipinski definition) is 2. The molecule has 0 atom stereocenters. The Balaban J connectivity index is 1.86. The number of aliphatic hydroxyl groups is 1. The zero-order valence-corrected chi connectivity index (χ0v) is 12.0. The lowest BCUT2D eigenvalue weighted by Gasteiger charge is -2.26. The highest BCUT2D eigenvalue weighted by atomic mass is 79.9. The van der Waals surface area contributed by atoms with Gasteiger partial charge in [0.1, 0.15) is 5.82 Å². The van der Waals surface area contributed by atoms with Gasteiger partial charge in [-0.15, -0.1) is 0 Å². The molecule has 4 heteroatoms. The van der Waals surface area contributed by atoms with Crippen molar-refractivity contribution in [2.24, 2.45) is 5.41 Å². The van der Waals surface area contributed by atoms with Crippen LogP contribution in [0.4, 0.5) is 4.39 Å². The molecule has 0 amide bonds. The van der Waals surface area contributed by atoms with E-state index in [0.717, 1.165) is 24.9 Å². The molecule has 0 radical (unpaired) electrons. The second-order valence-electron chi connectivity index (χ2n) is 5.22. The van der Waals surface area contributed by atoms with Gasteiger partial charge in [0, 0.05) is 25.1 Å². The minimum atomic E-state index is -0.235. The van der Waals surface area contributed by atoms with Crippen molar-refractivity contribution < 1.29 is 9.50 Å². The molecule has 2 nitrogen and oxygen atoms in total. The summed E-state index contributed by atoms with van der Waals surface area (Å²) in [5, 5.41) is 12.9. The van der Waals surface area contributed by atoms with E-state index in [1.807, 2.05) is 0 Å². The van der Waals surface area contributed by atoms with Crippen LogP contribution in [0.5, 0.6) is 0 Å². The summed E-state index contributed by atoms with van der Waals surface area (Å²) < 4.78 is 13.6. The Kier molecular flexibility index (Phi) is 4.76. The smallest absolute Gasteiger partial charge is 0.137 e. The van der Waals surface area contributed by atoms with Crippen molar-refractivity contribution in [3.63, 3.8) is 0 Å². The van der Waals surface area contributed by atoms with Crippen LogP contribution < -0.4 is 5.32 Å². The molecular formula is C14H19BrFNO. The summed E-state index contributed by atoms with van der Waals surface area (Å²) in [6.07, 6.45) is 4.63. The van der Waals surface area contributed by atoms with Crippen LogP contribution in [0, 0.1) is 11.2 Å². The number of benzene rings is 1. The molecular weight excluding hydrogens is 297 g/mol. The van der Waals surface area contributed by atoms with E-state index in [9.17, 15) is 9.50 Å². The van der Waals surface area contributed by atoms with Gasteiger partial charge in [-0.1, -0.05) is 18.9 Å². The third kappa shape index (κ3) is 3.31. The van der Waals surface area contributed by atoms with E-state index in [1.54, 1.807) is 12.1 Å². The lowest BCUT2D eigenvalue weighted by Crippen LogP contribution is -2.34. The second kappa shape index (κ2) is 6.13. The summed E-state index contributed by atoms with van der Waals surface area (Å²) in [5.74, 6) is -0.235. The van der Waals surface area contributed by atoms with Crippen molar-refractivity contribution in [1.82, 2.24) is 5.32 Å². The predicted octanol–water partition coefficient (Wildman–Crippen LogP) is 3.23. The number of aliphatic hydroxyl groups excluding tert-OH is 1. The van der Waals surface area contributed by atoms with Gasteiger partial charge in [-0.05, 0) is 46.5 Å². The summed E-state index contributed by atoms with van der Waals surface area (Å²) in [5.41, 5.74) is 1.12. The van der Waals surface area contributed by atoms with Crippen LogP contribution in [0.2, 0.25) is 0 Å². The van der Waals surface area contributed by atoms with E-state index in [0.29, 0.717) is 11.0 Å². The molecule has 0 spiro atoms. The Hall–Kier alpha value is -0.450. The van der Waals surface area contributed by atoms with Gasteiger partial charge in [-0.2, -0.15) is 0 Å². The van der Waals surface area contributed by atoms with E-state index in [2.05, 4.69) is 21.2 Å². The van der Waals surface area contributed by atoms with Crippen LogP contribution in [0.1, 0.15) is 31.2 Å². The van der Waals surface area contributed by atoms with Gasteiger partial charge in [0.15, 0.2) is 0 Å². The molecule has 0 aromatic heterocycles. The van der Waals surface area contributed by atoms with Crippen molar-refractivity contribution in [2.45, 2.75) is 32.2 Å². The maximum atomic E-state index is 13.1. The van der Waals surface area contributed by atoms with Gasteiger partial charge in [-0.25, -0.2) is 4.39 Å². The van der Waals surface area contributed by atoms with Gasteiger partial charge >= 0.3 is 0 Å². The van der Waals surface area contributed by atoms with Crippen LogP contribution in [-0.2, 0) is 6.54 Å². The Bertz CT molecular complexity index is 405. The summed E-state index contributed by atoms with van der Waals surface area (Å²) in [6.45, 7) is 1.80. The van der Waals surface area contributed by atoms with Crippen LogP contribution in [0.15, 0.2) is 22.7 Å². The van der Waals surface area contributed by atoms with Crippen molar-refractivity contribution in [1.29, 1.82) is 0 Å². The Morgan fingerprint density at radius 3 is 2.67 bits per heavy atom. The SMILES string of the molecule is OCC1(CNCc2ccc(F)c(Br)c2)CCCC1.